The minimum Gasteiger partial charge on any atom is -0.508 e. The maximum Gasteiger partial charge on any atom is 0.227 e. The van der Waals surface area contributed by atoms with Gasteiger partial charge in [0.1, 0.15) is 11.9 Å². The Morgan fingerprint density at radius 1 is 1.00 bits per heavy atom. The van der Waals surface area contributed by atoms with E-state index in [0.29, 0.717) is 49.5 Å². The number of hydrogen-bond acceptors (Lipinski definition) is 6. The van der Waals surface area contributed by atoms with Gasteiger partial charge in [-0.2, -0.15) is 0 Å². The quantitative estimate of drug-likeness (QED) is 0.234. The second kappa shape index (κ2) is 14.7. The zero-order valence-electron chi connectivity index (χ0n) is 27.5. The number of aliphatic hydroxyl groups is 1. The van der Waals surface area contributed by atoms with Crippen molar-refractivity contribution >= 4 is 5.91 Å². The predicted octanol–water partition coefficient (Wildman–Crippen LogP) is 6.47. The van der Waals surface area contributed by atoms with Crippen molar-refractivity contribution in [3.05, 3.63) is 53.1 Å². The number of phenolic OH excluding ortho intramolecular Hbond substituents is 1. The minimum atomic E-state index is -0.982. The summed E-state index contributed by atoms with van der Waals surface area (Å²) in [4.78, 5) is 15.1. The van der Waals surface area contributed by atoms with Gasteiger partial charge >= 0.3 is 0 Å². The molecule has 0 spiro atoms. The lowest BCUT2D eigenvalue weighted by molar-refractivity contribution is -0.131. The first-order chi connectivity index (χ1) is 21.7. The third-order valence-electron chi connectivity index (χ3n) is 11.2. The zero-order chi connectivity index (χ0) is 32.1. The summed E-state index contributed by atoms with van der Waals surface area (Å²) in [7, 11) is 4.84. The standard InChI is InChI=1S/C37H52FNO6/c1-37-23-30(38)36-28-12-11-27(40)22-26(28)21-25(35(36)29(37)13-15-33(37)41)9-7-5-6-8-16-39(17-18-43-2)34(42)20-24-10-14-31(44-3)32(19-24)45-4/h10-12,14,19,22,25,29-30,33,35-36,40-41H,5-9,13,15-18,20-21,23H2,1-4H3/t25-,29+,30+,33+,35+,36+,37+/m1/s1. The van der Waals surface area contributed by atoms with Gasteiger partial charge in [0.05, 0.1) is 33.4 Å². The van der Waals surface area contributed by atoms with Crippen molar-refractivity contribution < 1.29 is 33.6 Å². The Morgan fingerprint density at radius 2 is 1.78 bits per heavy atom. The predicted molar refractivity (Wildman–Crippen MR) is 173 cm³/mol. The third kappa shape index (κ3) is 7.12. The number of halogens is 1. The van der Waals surface area contributed by atoms with Gasteiger partial charge < -0.3 is 29.3 Å². The Morgan fingerprint density at radius 3 is 2.53 bits per heavy atom. The molecule has 3 aliphatic carbocycles. The number of amides is 1. The lowest BCUT2D eigenvalue weighted by atomic mass is 9.51. The van der Waals surface area contributed by atoms with Gasteiger partial charge in [0.15, 0.2) is 11.5 Å². The van der Waals surface area contributed by atoms with E-state index in [-0.39, 0.29) is 35.3 Å². The highest BCUT2D eigenvalue weighted by molar-refractivity contribution is 5.79. The SMILES string of the molecule is COCCN(CCCCCC[C@@H]1Cc2cc(O)ccc2[C@@H]2[C@@H]1[C@@H]1CC[C@H](O)[C@@]1(C)C[C@@H]2F)C(=O)Cc1ccc(OC)c(OC)c1. The summed E-state index contributed by atoms with van der Waals surface area (Å²) in [5.74, 6) is 2.27. The third-order valence-corrected chi connectivity index (χ3v) is 11.2. The average Bonchev–Trinajstić information content (AvgIpc) is 3.32. The number of phenols is 1. The van der Waals surface area contributed by atoms with Crippen LogP contribution < -0.4 is 9.47 Å². The summed E-state index contributed by atoms with van der Waals surface area (Å²) in [6.45, 7) is 3.83. The topological polar surface area (TPSA) is 88.5 Å². The first kappa shape index (κ1) is 33.5. The van der Waals surface area contributed by atoms with E-state index in [1.54, 1.807) is 27.4 Å². The number of rotatable bonds is 14. The molecule has 2 aromatic carbocycles. The fourth-order valence-corrected chi connectivity index (χ4v) is 8.94. The summed E-state index contributed by atoms with van der Waals surface area (Å²) >= 11 is 0. The van der Waals surface area contributed by atoms with Gasteiger partial charge in [-0.3, -0.25) is 4.79 Å². The molecule has 0 unspecified atom stereocenters. The fourth-order valence-electron chi connectivity index (χ4n) is 8.94. The number of carbonyl (C=O) groups excluding carboxylic acids is 1. The number of nitrogens with zero attached hydrogens (tertiary/aromatic N) is 1. The van der Waals surface area contributed by atoms with Crippen molar-refractivity contribution in [2.24, 2.45) is 23.2 Å². The molecule has 248 valence electrons. The minimum absolute atomic E-state index is 0.0642. The van der Waals surface area contributed by atoms with E-state index < -0.39 is 12.3 Å². The van der Waals surface area contributed by atoms with Crippen LogP contribution in [0.25, 0.3) is 0 Å². The van der Waals surface area contributed by atoms with Crippen LogP contribution in [0.4, 0.5) is 4.39 Å². The highest BCUT2D eigenvalue weighted by Gasteiger charge is 2.59. The van der Waals surface area contributed by atoms with Crippen molar-refractivity contribution in [3.8, 4) is 17.2 Å². The number of hydrogen-bond donors (Lipinski definition) is 2. The largest absolute Gasteiger partial charge is 0.508 e. The summed E-state index contributed by atoms with van der Waals surface area (Å²) in [6.07, 6.45) is 6.89. The Labute approximate surface area is 268 Å². The van der Waals surface area contributed by atoms with Gasteiger partial charge in [0.25, 0.3) is 0 Å². The van der Waals surface area contributed by atoms with E-state index in [1.165, 1.54) is 0 Å². The van der Waals surface area contributed by atoms with Gasteiger partial charge in [-0.1, -0.05) is 38.3 Å². The Kier molecular flexibility index (Phi) is 11.0. The monoisotopic (exact) mass is 625 g/mol. The van der Waals surface area contributed by atoms with E-state index in [1.807, 2.05) is 35.2 Å². The highest BCUT2D eigenvalue weighted by atomic mass is 19.1. The smallest absolute Gasteiger partial charge is 0.227 e. The summed E-state index contributed by atoms with van der Waals surface area (Å²) in [5.41, 5.74) is 2.68. The van der Waals surface area contributed by atoms with Gasteiger partial charge in [0.2, 0.25) is 5.91 Å². The molecule has 45 heavy (non-hydrogen) atoms. The van der Waals surface area contributed by atoms with E-state index in [2.05, 4.69) is 6.92 Å². The molecule has 5 rings (SSSR count). The van der Waals surface area contributed by atoms with Crippen LogP contribution in [0.5, 0.6) is 17.2 Å². The van der Waals surface area contributed by atoms with Gasteiger partial charge in [-0.05, 0) is 103 Å². The van der Waals surface area contributed by atoms with E-state index in [0.717, 1.165) is 68.1 Å². The normalized spacial score (nSPS) is 28.6. The Balaban J connectivity index is 1.17. The van der Waals surface area contributed by atoms with Gasteiger partial charge in [0, 0.05) is 26.1 Å². The van der Waals surface area contributed by atoms with Crippen LogP contribution in [0, 0.1) is 23.2 Å². The van der Waals surface area contributed by atoms with Crippen LogP contribution >= 0.6 is 0 Å². The fraction of sp³-hybridized carbons (Fsp3) is 0.649. The number of benzene rings is 2. The molecule has 0 aliphatic heterocycles. The second-order valence-electron chi connectivity index (χ2n) is 13.8. The molecule has 2 fully saturated rings. The van der Waals surface area contributed by atoms with Crippen molar-refractivity contribution in [3.63, 3.8) is 0 Å². The maximum atomic E-state index is 16.0. The summed E-state index contributed by atoms with van der Waals surface area (Å²) in [5, 5.41) is 21.1. The molecule has 0 bridgehead atoms. The van der Waals surface area contributed by atoms with Gasteiger partial charge in [-0.15, -0.1) is 0 Å². The van der Waals surface area contributed by atoms with Crippen LogP contribution in [-0.2, 0) is 22.4 Å². The summed E-state index contributed by atoms with van der Waals surface area (Å²) in [6, 6.07) is 11.1. The molecule has 1 amide bonds. The number of ether oxygens (including phenoxy) is 3. The first-order valence-corrected chi connectivity index (χ1v) is 16.8. The molecular weight excluding hydrogens is 573 g/mol. The molecule has 2 aromatic rings. The van der Waals surface area contributed by atoms with E-state index >= 15 is 4.39 Å². The van der Waals surface area contributed by atoms with Crippen molar-refractivity contribution in [1.29, 1.82) is 0 Å². The van der Waals surface area contributed by atoms with Crippen molar-refractivity contribution in [2.45, 2.75) is 89.3 Å². The highest BCUT2D eigenvalue weighted by Crippen LogP contribution is 2.63. The lowest BCUT2D eigenvalue weighted by Gasteiger charge is -2.54. The molecule has 0 aromatic heterocycles. The van der Waals surface area contributed by atoms with Crippen molar-refractivity contribution in [1.82, 2.24) is 4.90 Å². The van der Waals surface area contributed by atoms with Crippen LogP contribution in [-0.4, -0.2) is 74.3 Å². The zero-order valence-corrected chi connectivity index (χ0v) is 27.5. The molecule has 8 heteroatoms. The first-order valence-electron chi connectivity index (χ1n) is 16.8. The molecule has 2 N–H and O–H groups in total. The van der Waals surface area contributed by atoms with Gasteiger partial charge in [-0.25, -0.2) is 4.39 Å². The number of aromatic hydroxyl groups is 1. The number of fused-ring (bicyclic) bond motifs is 5. The number of aliphatic hydroxyl groups excluding tert-OH is 1. The van der Waals surface area contributed by atoms with Crippen LogP contribution in [0.1, 0.15) is 80.9 Å². The van der Waals surface area contributed by atoms with E-state index in [9.17, 15) is 15.0 Å². The molecule has 0 radical (unpaired) electrons. The molecule has 7 nitrogen and oxygen atoms in total. The number of methoxy groups -OCH3 is 3. The molecular formula is C37H52FNO6. The molecule has 0 heterocycles. The number of carbonyl (C=O) groups is 1. The molecule has 3 aliphatic rings. The van der Waals surface area contributed by atoms with Crippen LogP contribution in [0.15, 0.2) is 36.4 Å². The maximum absolute atomic E-state index is 16.0. The molecule has 0 saturated heterocycles. The van der Waals surface area contributed by atoms with Crippen molar-refractivity contribution in [2.75, 3.05) is 41.0 Å². The van der Waals surface area contributed by atoms with Crippen LogP contribution in [0.2, 0.25) is 0 Å². The van der Waals surface area contributed by atoms with Crippen LogP contribution in [0.3, 0.4) is 0 Å². The lowest BCUT2D eigenvalue weighted by Crippen LogP contribution is -2.51. The molecule has 7 atom stereocenters. The molecule has 2 saturated carbocycles. The number of unbranched alkanes of at least 4 members (excludes halogenated alkanes) is 3. The van der Waals surface area contributed by atoms with E-state index in [4.69, 9.17) is 14.2 Å². The summed E-state index contributed by atoms with van der Waals surface area (Å²) < 4.78 is 32.1. The second-order valence-corrected chi connectivity index (χ2v) is 13.8. The Bertz CT molecular complexity index is 1300. The number of alkyl halides is 1. The average molecular weight is 626 g/mol. The Hall–Kier alpha value is -2.84.